The summed E-state index contributed by atoms with van der Waals surface area (Å²) in [4.78, 5) is 0. The Bertz CT molecular complexity index is 200. The van der Waals surface area contributed by atoms with Crippen LogP contribution >= 0.6 is 0 Å². The summed E-state index contributed by atoms with van der Waals surface area (Å²) >= 11 is 0. The van der Waals surface area contributed by atoms with Crippen LogP contribution in [0.1, 0.15) is 12.8 Å². The number of hydrogen-bond donors (Lipinski definition) is 0. The molecular formula is C4H5N2O2S-. The maximum absolute atomic E-state index is 8.56. The van der Waals surface area contributed by atoms with E-state index in [9.17, 15) is 0 Å². The number of hydrogen-bond acceptors (Lipinski definition) is 3. The molecule has 5 heteroatoms. The number of nitriles is 1. The van der Waals surface area contributed by atoms with E-state index in [4.69, 9.17) is 18.5 Å². The van der Waals surface area contributed by atoms with Gasteiger partial charge in [-0.15, -0.1) is 0 Å². The van der Waals surface area contributed by atoms with E-state index in [0.717, 1.165) is 12.8 Å². The summed E-state index contributed by atoms with van der Waals surface area (Å²) in [5, 5.41) is 7.96. The second-order valence-electron chi connectivity index (χ2n) is 1.62. The van der Waals surface area contributed by atoms with Gasteiger partial charge in [-0.1, -0.05) is 0 Å². The van der Waals surface area contributed by atoms with Crippen LogP contribution in [0.2, 0.25) is 0 Å². The van der Waals surface area contributed by atoms with E-state index in [1.807, 2.05) is 0 Å². The SMILES string of the molecule is N#CC1CC1.[N-]=S(=O)=O. The van der Waals surface area contributed by atoms with Crippen molar-refractivity contribution in [3.63, 3.8) is 0 Å². The van der Waals surface area contributed by atoms with Crippen LogP contribution < -0.4 is 0 Å². The molecule has 1 aliphatic rings. The van der Waals surface area contributed by atoms with Crippen molar-refractivity contribution in [2.45, 2.75) is 12.8 Å². The molecule has 0 bridgehead atoms. The maximum atomic E-state index is 8.56. The standard InChI is InChI=1S/C4H5N.NO2S/c5-3-4-1-2-4;1-4(2)3/h4H,1-2H2;/q;-1. The molecule has 4 nitrogen and oxygen atoms in total. The zero-order chi connectivity index (χ0) is 7.28. The molecule has 50 valence electrons. The van der Waals surface area contributed by atoms with Gasteiger partial charge in [0.1, 0.15) is 10.5 Å². The summed E-state index contributed by atoms with van der Waals surface area (Å²) in [5.74, 6) is 0.440. The van der Waals surface area contributed by atoms with Crippen molar-refractivity contribution in [2.75, 3.05) is 0 Å². The molecule has 1 rings (SSSR count). The van der Waals surface area contributed by atoms with Gasteiger partial charge in [0, 0.05) is 5.92 Å². The lowest BCUT2D eigenvalue weighted by Crippen LogP contribution is -1.52. The largest absolute Gasteiger partial charge is 0.686 e. The van der Waals surface area contributed by atoms with Crippen molar-refractivity contribution >= 4 is 10.5 Å². The predicted octanol–water partition coefficient (Wildman–Crippen LogP) is 0.538. The Kier molecular flexibility index (Phi) is 3.64. The minimum absolute atomic E-state index is 0.440. The first-order chi connectivity index (χ1) is 4.16. The molecule has 1 aliphatic carbocycles. The zero-order valence-electron chi connectivity index (χ0n) is 4.61. The smallest absolute Gasteiger partial charge is 0.102 e. The van der Waals surface area contributed by atoms with Crippen LogP contribution in [0.4, 0.5) is 0 Å². The third-order valence-corrected chi connectivity index (χ3v) is 0.760. The van der Waals surface area contributed by atoms with Gasteiger partial charge in [-0.25, -0.2) is 8.42 Å². The van der Waals surface area contributed by atoms with Gasteiger partial charge in [-0.2, -0.15) is 5.26 Å². The number of nitrogens with zero attached hydrogens (tertiary/aromatic N) is 2. The fourth-order valence-corrected chi connectivity index (χ4v) is 0.212. The van der Waals surface area contributed by atoms with E-state index in [1.54, 1.807) is 0 Å². The first-order valence-corrected chi connectivity index (χ1v) is 3.38. The van der Waals surface area contributed by atoms with Crippen LogP contribution in [0.3, 0.4) is 0 Å². The van der Waals surface area contributed by atoms with Crippen molar-refractivity contribution in [1.29, 1.82) is 5.26 Å². The van der Waals surface area contributed by atoms with Crippen LogP contribution in [-0.4, -0.2) is 8.42 Å². The molecular weight excluding hydrogens is 140 g/mol. The van der Waals surface area contributed by atoms with E-state index < -0.39 is 10.5 Å². The summed E-state index contributed by atoms with van der Waals surface area (Å²) in [5.41, 5.74) is 0. The average Bonchev–Trinajstić information content (AvgIpc) is 2.43. The second-order valence-corrected chi connectivity index (χ2v) is 2.05. The van der Waals surface area contributed by atoms with Crippen LogP contribution in [0, 0.1) is 17.2 Å². The van der Waals surface area contributed by atoms with E-state index in [2.05, 4.69) is 6.07 Å². The molecule has 0 aromatic carbocycles. The lowest BCUT2D eigenvalue weighted by molar-refractivity contribution is 0.626. The summed E-state index contributed by atoms with van der Waals surface area (Å²) in [6.07, 6.45) is 2.30. The van der Waals surface area contributed by atoms with Crippen LogP contribution in [-0.2, 0) is 10.5 Å². The number of rotatable bonds is 0. The molecule has 9 heavy (non-hydrogen) atoms. The molecule has 0 aliphatic heterocycles. The molecule has 0 amide bonds. The van der Waals surface area contributed by atoms with E-state index in [-0.39, 0.29) is 0 Å². The van der Waals surface area contributed by atoms with Crippen molar-refractivity contribution in [2.24, 2.45) is 5.92 Å². The Morgan fingerprint density at radius 3 is 1.89 bits per heavy atom. The first kappa shape index (κ1) is 8.11. The topological polar surface area (TPSA) is 80.2 Å². The highest BCUT2D eigenvalue weighted by Gasteiger charge is 2.19. The summed E-state index contributed by atoms with van der Waals surface area (Å²) in [7, 11) is -2.86. The lowest BCUT2D eigenvalue weighted by Gasteiger charge is -1.51. The van der Waals surface area contributed by atoms with Gasteiger partial charge in [0.2, 0.25) is 0 Å². The van der Waals surface area contributed by atoms with Crippen molar-refractivity contribution < 1.29 is 8.42 Å². The Hall–Kier alpha value is -0.890. The molecule has 0 aromatic rings. The highest BCUT2D eigenvalue weighted by Crippen LogP contribution is 2.26. The summed E-state index contributed by atoms with van der Waals surface area (Å²) < 4.78 is 24.1. The van der Waals surface area contributed by atoms with E-state index in [1.165, 1.54) is 0 Å². The molecule has 0 spiro atoms. The van der Waals surface area contributed by atoms with E-state index >= 15 is 0 Å². The van der Waals surface area contributed by atoms with Gasteiger partial charge in [-0.05, 0) is 12.8 Å². The van der Waals surface area contributed by atoms with Crippen LogP contribution in [0.25, 0.3) is 4.78 Å². The highest BCUT2D eigenvalue weighted by molar-refractivity contribution is 7.63. The minimum Gasteiger partial charge on any atom is -0.686 e. The fourth-order valence-electron chi connectivity index (χ4n) is 0.212. The third kappa shape index (κ3) is 11.0. The lowest BCUT2D eigenvalue weighted by atomic mass is 10.5. The van der Waals surface area contributed by atoms with Crippen LogP contribution in [0.5, 0.6) is 0 Å². The van der Waals surface area contributed by atoms with Crippen molar-refractivity contribution in [1.82, 2.24) is 0 Å². The normalized spacial score (nSPS) is 14.6. The van der Waals surface area contributed by atoms with Gasteiger partial charge in [-0.3, -0.25) is 0 Å². The van der Waals surface area contributed by atoms with Gasteiger partial charge in [0.15, 0.2) is 0 Å². The van der Waals surface area contributed by atoms with Gasteiger partial charge < -0.3 is 4.78 Å². The van der Waals surface area contributed by atoms with Crippen molar-refractivity contribution in [3.05, 3.63) is 4.78 Å². The summed E-state index contributed by atoms with van der Waals surface area (Å²) in [6, 6.07) is 2.14. The molecule has 1 fully saturated rings. The maximum Gasteiger partial charge on any atom is 0.102 e. The molecule has 0 heterocycles. The van der Waals surface area contributed by atoms with E-state index in [0.29, 0.717) is 5.92 Å². The molecule has 1 saturated carbocycles. The predicted molar refractivity (Wildman–Crippen MR) is 30.6 cm³/mol. The quantitative estimate of drug-likeness (QED) is 0.498. The Balaban J connectivity index is 0.000000148. The second kappa shape index (κ2) is 4.04. The van der Waals surface area contributed by atoms with Gasteiger partial charge in [0.25, 0.3) is 0 Å². The molecule has 0 N–H and O–H groups in total. The molecule has 0 aromatic heterocycles. The Morgan fingerprint density at radius 1 is 1.56 bits per heavy atom. The molecule has 0 unspecified atom stereocenters. The van der Waals surface area contributed by atoms with Gasteiger partial charge in [0.05, 0.1) is 6.07 Å². The fraction of sp³-hybridized carbons (Fsp3) is 0.750. The monoisotopic (exact) mass is 145 g/mol. The molecule has 0 radical (unpaired) electrons. The molecule has 0 atom stereocenters. The van der Waals surface area contributed by atoms with Gasteiger partial charge >= 0.3 is 0 Å². The Labute approximate surface area is 54.6 Å². The highest BCUT2D eigenvalue weighted by atomic mass is 32.2. The molecule has 0 saturated heterocycles. The average molecular weight is 145 g/mol. The summed E-state index contributed by atoms with van der Waals surface area (Å²) in [6.45, 7) is 0. The third-order valence-electron chi connectivity index (χ3n) is 0.760. The van der Waals surface area contributed by atoms with Crippen LogP contribution in [0.15, 0.2) is 0 Å². The Morgan fingerprint density at radius 2 is 1.89 bits per heavy atom. The minimum atomic E-state index is -2.86. The zero-order valence-corrected chi connectivity index (χ0v) is 5.43. The first-order valence-electron chi connectivity index (χ1n) is 2.34. The van der Waals surface area contributed by atoms with Crippen molar-refractivity contribution in [3.8, 4) is 6.07 Å².